The number of carboxylic acid groups (broad SMARTS) is 1. The third-order valence-electron chi connectivity index (χ3n) is 2.11. The lowest BCUT2D eigenvalue weighted by Gasteiger charge is -2.13. The molecule has 0 spiro atoms. The van der Waals surface area contributed by atoms with Crippen molar-refractivity contribution >= 4 is 12.0 Å². The number of aliphatic hydroxyl groups excluding tert-OH is 1. The molecule has 8 nitrogen and oxygen atoms in total. The summed E-state index contributed by atoms with van der Waals surface area (Å²) in [6, 6.07) is -0.824. The summed E-state index contributed by atoms with van der Waals surface area (Å²) >= 11 is 0. The van der Waals surface area contributed by atoms with Crippen LogP contribution in [0.15, 0.2) is 12.4 Å². The van der Waals surface area contributed by atoms with E-state index in [2.05, 4.69) is 20.8 Å². The van der Waals surface area contributed by atoms with E-state index in [4.69, 9.17) is 10.2 Å². The van der Waals surface area contributed by atoms with Gasteiger partial charge in [0.1, 0.15) is 0 Å². The van der Waals surface area contributed by atoms with Crippen molar-refractivity contribution in [2.24, 2.45) is 0 Å². The van der Waals surface area contributed by atoms with Crippen molar-refractivity contribution in [1.29, 1.82) is 0 Å². The van der Waals surface area contributed by atoms with Gasteiger partial charge in [0.2, 0.25) is 0 Å². The summed E-state index contributed by atoms with van der Waals surface area (Å²) in [5.41, 5.74) is 0.791. The van der Waals surface area contributed by atoms with Crippen LogP contribution in [-0.4, -0.2) is 45.1 Å². The molecule has 2 amide bonds. The highest BCUT2D eigenvalue weighted by Gasteiger charge is 2.15. The van der Waals surface area contributed by atoms with Gasteiger partial charge in [-0.05, 0) is 6.92 Å². The Morgan fingerprint density at radius 3 is 2.82 bits per heavy atom. The number of carbonyl (C=O) groups excluding carboxylic acids is 1. The SMILES string of the molecule is CC(NC(=O)NCC(O)C(=O)O)c1cn[nH]c1. The van der Waals surface area contributed by atoms with Crippen LogP contribution in [0.1, 0.15) is 18.5 Å². The van der Waals surface area contributed by atoms with Crippen molar-refractivity contribution in [3.8, 4) is 0 Å². The molecule has 5 N–H and O–H groups in total. The molecule has 0 aliphatic rings. The molecule has 1 heterocycles. The van der Waals surface area contributed by atoms with E-state index in [9.17, 15) is 9.59 Å². The van der Waals surface area contributed by atoms with Crippen LogP contribution in [0.5, 0.6) is 0 Å². The minimum atomic E-state index is -1.61. The summed E-state index contributed by atoms with van der Waals surface area (Å²) in [4.78, 5) is 21.6. The fraction of sp³-hybridized carbons (Fsp3) is 0.444. The van der Waals surface area contributed by atoms with Gasteiger partial charge in [0, 0.05) is 11.8 Å². The molecule has 0 saturated heterocycles. The zero-order valence-electron chi connectivity index (χ0n) is 9.17. The lowest BCUT2D eigenvalue weighted by Crippen LogP contribution is -2.42. The van der Waals surface area contributed by atoms with Gasteiger partial charge in [-0.25, -0.2) is 9.59 Å². The Morgan fingerprint density at radius 2 is 2.29 bits per heavy atom. The van der Waals surface area contributed by atoms with E-state index in [1.165, 1.54) is 0 Å². The number of nitrogens with zero attached hydrogens (tertiary/aromatic N) is 1. The lowest BCUT2D eigenvalue weighted by atomic mass is 10.2. The van der Waals surface area contributed by atoms with Crippen LogP contribution >= 0.6 is 0 Å². The highest BCUT2D eigenvalue weighted by atomic mass is 16.4. The third kappa shape index (κ3) is 4.11. The Hall–Kier alpha value is -2.09. The zero-order valence-corrected chi connectivity index (χ0v) is 9.17. The second kappa shape index (κ2) is 5.85. The van der Waals surface area contributed by atoms with Gasteiger partial charge in [-0.3, -0.25) is 5.10 Å². The van der Waals surface area contributed by atoms with Crippen molar-refractivity contribution in [2.75, 3.05) is 6.54 Å². The molecule has 1 aromatic rings. The molecular formula is C9H14N4O4. The number of aliphatic carboxylic acids is 1. The Kier molecular flexibility index (Phi) is 4.46. The van der Waals surface area contributed by atoms with Crippen molar-refractivity contribution in [3.63, 3.8) is 0 Å². The van der Waals surface area contributed by atoms with Gasteiger partial charge in [-0.2, -0.15) is 5.10 Å². The molecule has 2 atom stereocenters. The summed E-state index contributed by atoms with van der Waals surface area (Å²) in [5, 5.41) is 28.5. The molecule has 0 fully saturated rings. The summed E-state index contributed by atoms with van der Waals surface area (Å²) < 4.78 is 0. The van der Waals surface area contributed by atoms with Gasteiger partial charge in [0.15, 0.2) is 6.10 Å². The van der Waals surface area contributed by atoms with E-state index in [1.54, 1.807) is 19.3 Å². The monoisotopic (exact) mass is 242 g/mol. The van der Waals surface area contributed by atoms with Gasteiger partial charge in [-0.1, -0.05) is 0 Å². The number of aromatic amines is 1. The van der Waals surface area contributed by atoms with E-state index in [0.29, 0.717) is 0 Å². The number of urea groups is 1. The van der Waals surface area contributed by atoms with Gasteiger partial charge in [0.25, 0.3) is 0 Å². The Labute approximate surface area is 97.0 Å². The Morgan fingerprint density at radius 1 is 1.59 bits per heavy atom. The second-order valence-corrected chi connectivity index (χ2v) is 3.46. The minimum Gasteiger partial charge on any atom is -0.479 e. The maximum Gasteiger partial charge on any atom is 0.334 e. The number of carboxylic acids is 1. The van der Waals surface area contributed by atoms with E-state index in [1.807, 2.05) is 0 Å². The molecule has 0 saturated carbocycles. The highest BCUT2D eigenvalue weighted by Crippen LogP contribution is 2.08. The molecule has 0 aliphatic carbocycles. The van der Waals surface area contributed by atoms with E-state index >= 15 is 0 Å². The quantitative estimate of drug-likeness (QED) is 0.462. The normalized spacial score (nSPS) is 13.8. The summed E-state index contributed by atoms with van der Waals surface area (Å²) in [6.07, 6.45) is 1.60. The smallest absolute Gasteiger partial charge is 0.334 e. The van der Waals surface area contributed by atoms with Crippen LogP contribution < -0.4 is 10.6 Å². The number of aromatic nitrogens is 2. The first kappa shape index (κ1) is 13.0. The van der Waals surface area contributed by atoms with E-state index < -0.39 is 18.1 Å². The maximum atomic E-state index is 11.3. The standard InChI is InChI=1S/C9H14N4O4/c1-5(6-2-11-12-3-6)13-9(17)10-4-7(14)8(15)16/h2-3,5,7,14H,4H2,1H3,(H,11,12)(H,15,16)(H2,10,13,17). The Balaban J connectivity index is 2.32. The molecule has 1 aromatic heterocycles. The number of amides is 2. The van der Waals surface area contributed by atoms with Crippen LogP contribution in [-0.2, 0) is 4.79 Å². The average Bonchev–Trinajstić information content (AvgIpc) is 2.78. The number of H-pyrrole nitrogens is 1. The predicted octanol–water partition coefficient (Wildman–Crippen LogP) is -0.785. The van der Waals surface area contributed by atoms with Gasteiger partial charge in [-0.15, -0.1) is 0 Å². The zero-order chi connectivity index (χ0) is 12.8. The van der Waals surface area contributed by atoms with Crippen LogP contribution in [0.2, 0.25) is 0 Å². The largest absolute Gasteiger partial charge is 0.479 e. The molecule has 94 valence electrons. The van der Waals surface area contributed by atoms with Gasteiger partial charge in [0.05, 0.1) is 18.8 Å². The van der Waals surface area contributed by atoms with E-state index in [-0.39, 0.29) is 12.6 Å². The number of aliphatic hydroxyl groups is 1. The minimum absolute atomic E-state index is 0.268. The highest BCUT2D eigenvalue weighted by molar-refractivity contribution is 5.76. The van der Waals surface area contributed by atoms with Crippen molar-refractivity contribution in [2.45, 2.75) is 19.1 Å². The third-order valence-corrected chi connectivity index (χ3v) is 2.11. The number of nitrogens with one attached hydrogen (secondary N) is 3. The Bertz CT molecular complexity index is 378. The van der Waals surface area contributed by atoms with Crippen molar-refractivity contribution in [1.82, 2.24) is 20.8 Å². The van der Waals surface area contributed by atoms with Crippen LogP contribution in [0, 0.1) is 0 Å². The molecule has 0 aliphatic heterocycles. The van der Waals surface area contributed by atoms with Gasteiger partial charge >= 0.3 is 12.0 Å². The first-order valence-electron chi connectivity index (χ1n) is 4.94. The summed E-state index contributed by atoms with van der Waals surface area (Å²) in [7, 11) is 0. The fourth-order valence-corrected chi connectivity index (χ4v) is 1.11. The molecule has 2 unspecified atom stereocenters. The molecule has 8 heteroatoms. The topological polar surface area (TPSA) is 127 Å². The van der Waals surface area contributed by atoms with Gasteiger partial charge < -0.3 is 20.8 Å². The maximum absolute atomic E-state index is 11.3. The van der Waals surface area contributed by atoms with Crippen LogP contribution in [0.25, 0.3) is 0 Å². The molecule has 17 heavy (non-hydrogen) atoms. The molecular weight excluding hydrogens is 228 g/mol. The first-order chi connectivity index (χ1) is 8.00. The average molecular weight is 242 g/mol. The number of hydrogen-bond donors (Lipinski definition) is 5. The second-order valence-electron chi connectivity index (χ2n) is 3.46. The number of carbonyl (C=O) groups is 2. The van der Waals surface area contributed by atoms with Crippen molar-refractivity contribution < 1.29 is 19.8 Å². The molecule has 0 radical (unpaired) electrons. The van der Waals surface area contributed by atoms with Crippen LogP contribution in [0.3, 0.4) is 0 Å². The van der Waals surface area contributed by atoms with E-state index in [0.717, 1.165) is 5.56 Å². The number of rotatable bonds is 5. The molecule has 1 rings (SSSR count). The summed E-state index contributed by atoms with van der Waals surface area (Å²) in [5.74, 6) is -1.38. The molecule has 0 bridgehead atoms. The fourth-order valence-electron chi connectivity index (χ4n) is 1.11. The number of hydrogen-bond acceptors (Lipinski definition) is 4. The first-order valence-corrected chi connectivity index (χ1v) is 4.94. The summed E-state index contributed by atoms with van der Waals surface area (Å²) in [6.45, 7) is 1.40. The van der Waals surface area contributed by atoms with Crippen LogP contribution in [0.4, 0.5) is 4.79 Å². The van der Waals surface area contributed by atoms with Crippen molar-refractivity contribution in [3.05, 3.63) is 18.0 Å². The predicted molar refractivity (Wildman–Crippen MR) is 57.2 cm³/mol. The molecule has 0 aromatic carbocycles. The lowest BCUT2D eigenvalue weighted by molar-refractivity contribution is -0.146.